The molecule has 1 amide bonds. The van der Waals surface area contributed by atoms with E-state index in [4.69, 9.17) is 5.73 Å². The number of hydrogen-bond acceptors (Lipinski definition) is 2. The fraction of sp³-hybridized carbons (Fsp3) is 0.889. The average molecular weight is 172 g/mol. The minimum absolute atomic E-state index is 0.137. The Balaban J connectivity index is 3.38. The van der Waals surface area contributed by atoms with Gasteiger partial charge in [0.05, 0.1) is 6.04 Å². The molecule has 0 aromatic carbocycles. The number of nitrogens with two attached hydrogens (primary N) is 1. The summed E-state index contributed by atoms with van der Waals surface area (Å²) >= 11 is 0. The first kappa shape index (κ1) is 11.4. The van der Waals surface area contributed by atoms with Gasteiger partial charge in [-0.2, -0.15) is 0 Å². The predicted molar refractivity (Wildman–Crippen MR) is 50.8 cm³/mol. The van der Waals surface area contributed by atoms with E-state index in [-0.39, 0.29) is 11.9 Å². The molecule has 0 aliphatic rings. The maximum absolute atomic E-state index is 10.8. The predicted octanol–water partition coefficient (Wildman–Crippen LogP) is 1.03. The molecule has 0 bridgehead atoms. The molecule has 3 nitrogen and oxygen atoms in total. The van der Waals surface area contributed by atoms with E-state index in [2.05, 4.69) is 12.2 Å². The van der Waals surface area contributed by atoms with Crippen LogP contribution < -0.4 is 11.1 Å². The molecule has 0 fully saturated rings. The quantitative estimate of drug-likeness (QED) is 0.563. The summed E-state index contributed by atoms with van der Waals surface area (Å²) in [6, 6.07) is -0.137. The first-order valence-electron chi connectivity index (χ1n) is 4.75. The highest BCUT2D eigenvalue weighted by Crippen LogP contribution is 1.94. The molecular weight excluding hydrogens is 152 g/mol. The van der Waals surface area contributed by atoms with E-state index in [1.54, 1.807) is 0 Å². The smallest absolute Gasteiger partial charge is 0.234 e. The third kappa shape index (κ3) is 5.13. The van der Waals surface area contributed by atoms with Gasteiger partial charge in [-0.3, -0.25) is 4.79 Å². The van der Waals surface area contributed by atoms with Crippen molar-refractivity contribution in [1.82, 2.24) is 5.32 Å². The molecule has 0 radical (unpaired) electrons. The van der Waals surface area contributed by atoms with Crippen LogP contribution in [-0.4, -0.2) is 18.5 Å². The molecule has 3 N–H and O–H groups in total. The summed E-state index contributed by atoms with van der Waals surface area (Å²) in [5.41, 5.74) is 5.16. The molecule has 1 atom stereocenters. The summed E-state index contributed by atoms with van der Waals surface area (Å²) in [5.74, 6) is -0.242. The van der Waals surface area contributed by atoms with Crippen LogP contribution in [0.15, 0.2) is 0 Å². The van der Waals surface area contributed by atoms with Crippen LogP contribution in [0, 0.1) is 0 Å². The second-order valence-corrected chi connectivity index (χ2v) is 3.02. The standard InChI is InChI=1S/C9H20N2O/c1-3-5-6-7-11-8(4-2)9(10)12/h8,11H,3-7H2,1-2H3,(H2,10,12). The van der Waals surface area contributed by atoms with Gasteiger partial charge in [-0.25, -0.2) is 0 Å². The van der Waals surface area contributed by atoms with Crippen molar-refractivity contribution in [3.05, 3.63) is 0 Å². The molecular formula is C9H20N2O. The Morgan fingerprint density at radius 1 is 1.42 bits per heavy atom. The third-order valence-electron chi connectivity index (χ3n) is 1.92. The summed E-state index contributed by atoms with van der Waals surface area (Å²) in [7, 11) is 0. The van der Waals surface area contributed by atoms with Crippen molar-refractivity contribution in [1.29, 1.82) is 0 Å². The number of rotatable bonds is 7. The summed E-state index contributed by atoms with van der Waals surface area (Å²) in [6.07, 6.45) is 4.32. The van der Waals surface area contributed by atoms with Crippen molar-refractivity contribution in [2.24, 2.45) is 5.73 Å². The van der Waals surface area contributed by atoms with Gasteiger partial charge in [-0.05, 0) is 19.4 Å². The highest BCUT2D eigenvalue weighted by Gasteiger charge is 2.09. The fourth-order valence-electron chi connectivity index (χ4n) is 1.10. The second-order valence-electron chi connectivity index (χ2n) is 3.02. The Hall–Kier alpha value is -0.570. The van der Waals surface area contributed by atoms with Crippen molar-refractivity contribution < 1.29 is 4.79 Å². The van der Waals surface area contributed by atoms with Crippen LogP contribution >= 0.6 is 0 Å². The van der Waals surface area contributed by atoms with Gasteiger partial charge < -0.3 is 11.1 Å². The Morgan fingerprint density at radius 3 is 2.50 bits per heavy atom. The van der Waals surface area contributed by atoms with Crippen LogP contribution in [0.5, 0.6) is 0 Å². The molecule has 0 aromatic heterocycles. The first-order chi connectivity index (χ1) is 5.72. The van der Waals surface area contributed by atoms with Gasteiger partial charge in [0.2, 0.25) is 5.91 Å². The number of unbranched alkanes of at least 4 members (excludes halogenated alkanes) is 2. The van der Waals surface area contributed by atoms with Gasteiger partial charge in [0.15, 0.2) is 0 Å². The van der Waals surface area contributed by atoms with Crippen LogP contribution in [0.4, 0.5) is 0 Å². The van der Waals surface area contributed by atoms with Crippen LogP contribution in [0.3, 0.4) is 0 Å². The van der Waals surface area contributed by atoms with Gasteiger partial charge >= 0.3 is 0 Å². The Kier molecular flexibility index (Phi) is 6.76. The topological polar surface area (TPSA) is 55.1 Å². The van der Waals surface area contributed by atoms with E-state index in [9.17, 15) is 4.79 Å². The van der Waals surface area contributed by atoms with Gasteiger partial charge in [0.1, 0.15) is 0 Å². The van der Waals surface area contributed by atoms with Gasteiger partial charge in [0, 0.05) is 0 Å². The number of nitrogens with one attached hydrogen (secondary N) is 1. The minimum atomic E-state index is -0.242. The highest BCUT2D eigenvalue weighted by molar-refractivity contribution is 5.79. The molecule has 0 spiro atoms. The summed E-state index contributed by atoms with van der Waals surface area (Å²) in [4.78, 5) is 10.8. The zero-order valence-electron chi connectivity index (χ0n) is 8.10. The Morgan fingerprint density at radius 2 is 2.08 bits per heavy atom. The molecule has 0 aliphatic carbocycles. The Labute approximate surface area is 74.7 Å². The zero-order valence-corrected chi connectivity index (χ0v) is 8.10. The third-order valence-corrected chi connectivity index (χ3v) is 1.92. The lowest BCUT2D eigenvalue weighted by Crippen LogP contribution is -2.41. The maximum atomic E-state index is 10.8. The van der Waals surface area contributed by atoms with E-state index in [1.807, 2.05) is 6.92 Å². The zero-order chi connectivity index (χ0) is 9.40. The van der Waals surface area contributed by atoms with Crippen LogP contribution in [0.2, 0.25) is 0 Å². The van der Waals surface area contributed by atoms with Crippen LogP contribution in [0.1, 0.15) is 39.5 Å². The molecule has 0 aromatic rings. The van der Waals surface area contributed by atoms with Crippen LogP contribution in [0.25, 0.3) is 0 Å². The number of hydrogen-bond donors (Lipinski definition) is 2. The molecule has 0 aliphatic heterocycles. The van der Waals surface area contributed by atoms with Gasteiger partial charge in [-0.1, -0.05) is 26.7 Å². The lowest BCUT2D eigenvalue weighted by molar-refractivity contribution is -0.120. The summed E-state index contributed by atoms with van der Waals surface area (Å²) in [5, 5.41) is 3.13. The normalized spacial score (nSPS) is 12.8. The number of amides is 1. The average Bonchev–Trinajstić information content (AvgIpc) is 2.04. The molecule has 0 rings (SSSR count). The van der Waals surface area contributed by atoms with E-state index >= 15 is 0 Å². The van der Waals surface area contributed by atoms with Crippen molar-refractivity contribution in [3.8, 4) is 0 Å². The number of carbonyl (C=O) groups is 1. The largest absolute Gasteiger partial charge is 0.368 e. The molecule has 0 heterocycles. The molecule has 72 valence electrons. The molecule has 1 unspecified atom stereocenters. The molecule has 3 heteroatoms. The van der Waals surface area contributed by atoms with E-state index in [0.717, 1.165) is 19.4 Å². The lowest BCUT2D eigenvalue weighted by Gasteiger charge is -2.12. The van der Waals surface area contributed by atoms with Crippen LogP contribution in [-0.2, 0) is 4.79 Å². The van der Waals surface area contributed by atoms with Gasteiger partial charge in [-0.15, -0.1) is 0 Å². The SMILES string of the molecule is CCCCCNC(CC)C(N)=O. The Bertz CT molecular complexity index is 126. The van der Waals surface area contributed by atoms with E-state index in [1.165, 1.54) is 12.8 Å². The fourth-order valence-corrected chi connectivity index (χ4v) is 1.10. The summed E-state index contributed by atoms with van der Waals surface area (Å²) < 4.78 is 0. The van der Waals surface area contributed by atoms with Gasteiger partial charge in [0.25, 0.3) is 0 Å². The van der Waals surface area contributed by atoms with Crippen molar-refractivity contribution >= 4 is 5.91 Å². The second kappa shape index (κ2) is 7.10. The first-order valence-corrected chi connectivity index (χ1v) is 4.75. The monoisotopic (exact) mass is 172 g/mol. The summed E-state index contributed by atoms with van der Waals surface area (Å²) in [6.45, 7) is 5.02. The van der Waals surface area contributed by atoms with Crippen molar-refractivity contribution in [2.75, 3.05) is 6.54 Å². The molecule has 0 saturated heterocycles. The van der Waals surface area contributed by atoms with E-state index < -0.39 is 0 Å². The van der Waals surface area contributed by atoms with Crippen molar-refractivity contribution in [2.45, 2.75) is 45.6 Å². The number of carbonyl (C=O) groups excluding carboxylic acids is 1. The number of primary amides is 1. The van der Waals surface area contributed by atoms with Crippen molar-refractivity contribution in [3.63, 3.8) is 0 Å². The van der Waals surface area contributed by atoms with E-state index in [0.29, 0.717) is 0 Å². The maximum Gasteiger partial charge on any atom is 0.234 e. The lowest BCUT2D eigenvalue weighted by atomic mass is 10.2. The molecule has 12 heavy (non-hydrogen) atoms. The molecule has 0 saturated carbocycles. The minimum Gasteiger partial charge on any atom is -0.368 e. The highest BCUT2D eigenvalue weighted by atomic mass is 16.1.